The topological polar surface area (TPSA) is 38.9 Å². The summed E-state index contributed by atoms with van der Waals surface area (Å²) < 4.78 is 6.26. The van der Waals surface area contributed by atoms with Crippen LogP contribution in [0, 0.1) is 0 Å². The third-order valence-corrected chi connectivity index (χ3v) is 11.6. The lowest BCUT2D eigenvalue weighted by Crippen LogP contribution is -2.14. The third-order valence-electron chi connectivity index (χ3n) is 11.6. The molecule has 8 aromatic carbocycles. The minimum absolute atomic E-state index is 0.152. The molecular formula is C53H36N2O. The highest BCUT2D eigenvalue weighted by Gasteiger charge is 2.37. The quantitative estimate of drug-likeness (QED) is 0.178. The largest absolute Gasteiger partial charge is 0.456 e. The number of hydrogen-bond donors (Lipinski definition) is 0. The highest BCUT2D eigenvalue weighted by Crippen LogP contribution is 2.53. The smallest absolute Gasteiger partial charge is 0.160 e. The van der Waals surface area contributed by atoms with Crippen molar-refractivity contribution in [2.24, 2.45) is 0 Å². The van der Waals surface area contributed by atoms with Crippen molar-refractivity contribution < 1.29 is 4.42 Å². The summed E-state index contributed by atoms with van der Waals surface area (Å²) in [5.74, 6) is 0.698. The number of hydrogen-bond acceptors (Lipinski definition) is 3. The number of nitrogens with zero attached hydrogens (tertiary/aromatic N) is 2. The van der Waals surface area contributed by atoms with Crippen LogP contribution in [0.1, 0.15) is 25.0 Å². The first kappa shape index (κ1) is 32.3. The molecule has 10 aromatic rings. The van der Waals surface area contributed by atoms with Gasteiger partial charge in [0.25, 0.3) is 0 Å². The summed E-state index contributed by atoms with van der Waals surface area (Å²) in [6.45, 7) is 4.72. The maximum atomic E-state index is 6.26. The molecule has 0 radical (unpaired) electrons. The van der Waals surface area contributed by atoms with Gasteiger partial charge >= 0.3 is 0 Å². The zero-order chi connectivity index (χ0) is 37.4. The molecule has 3 nitrogen and oxygen atoms in total. The van der Waals surface area contributed by atoms with Crippen LogP contribution in [-0.4, -0.2) is 9.97 Å². The first-order valence-electron chi connectivity index (χ1n) is 19.2. The van der Waals surface area contributed by atoms with E-state index in [4.69, 9.17) is 14.4 Å². The zero-order valence-electron chi connectivity index (χ0n) is 31.1. The van der Waals surface area contributed by atoms with Crippen molar-refractivity contribution in [2.45, 2.75) is 19.3 Å². The van der Waals surface area contributed by atoms with Gasteiger partial charge in [-0.2, -0.15) is 0 Å². The Morgan fingerprint density at radius 1 is 0.393 bits per heavy atom. The molecular weight excluding hydrogens is 681 g/mol. The number of para-hydroxylation sites is 1. The van der Waals surface area contributed by atoms with Crippen LogP contribution in [-0.2, 0) is 5.41 Å². The molecule has 11 rings (SSSR count). The molecule has 264 valence electrons. The molecule has 0 atom stereocenters. The van der Waals surface area contributed by atoms with Crippen LogP contribution in [0.2, 0.25) is 0 Å². The Bertz CT molecular complexity index is 3100. The van der Waals surface area contributed by atoms with E-state index in [1.165, 1.54) is 38.6 Å². The fourth-order valence-electron chi connectivity index (χ4n) is 8.78. The van der Waals surface area contributed by atoms with Crippen LogP contribution < -0.4 is 0 Å². The Hall–Kier alpha value is -7.10. The van der Waals surface area contributed by atoms with Crippen molar-refractivity contribution in [2.75, 3.05) is 0 Å². The van der Waals surface area contributed by atoms with Gasteiger partial charge in [-0.15, -0.1) is 0 Å². The van der Waals surface area contributed by atoms with Gasteiger partial charge in [-0.25, -0.2) is 9.97 Å². The van der Waals surface area contributed by atoms with Crippen molar-refractivity contribution in [3.8, 4) is 67.3 Å². The van der Waals surface area contributed by atoms with Gasteiger partial charge in [-0.3, -0.25) is 0 Å². The van der Waals surface area contributed by atoms with E-state index < -0.39 is 0 Å². The predicted molar refractivity (Wildman–Crippen MR) is 232 cm³/mol. The van der Waals surface area contributed by atoms with Gasteiger partial charge in [0.2, 0.25) is 0 Å². The van der Waals surface area contributed by atoms with Crippen molar-refractivity contribution in [3.63, 3.8) is 0 Å². The predicted octanol–water partition coefficient (Wildman–Crippen LogP) is 14.2. The summed E-state index contributed by atoms with van der Waals surface area (Å²) in [4.78, 5) is 10.4. The molecule has 1 aliphatic rings. The molecule has 0 N–H and O–H groups in total. The molecule has 0 fully saturated rings. The minimum Gasteiger partial charge on any atom is -0.456 e. The van der Waals surface area contributed by atoms with Gasteiger partial charge in [0, 0.05) is 32.9 Å². The molecule has 0 amide bonds. The lowest BCUT2D eigenvalue weighted by Gasteiger charge is -2.22. The number of furan rings is 1. The summed E-state index contributed by atoms with van der Waals surface area (Å²) >= 11 is 0. The summed E-state index contributed by atoms with van der Waals surface area (Å²) in [5.41, 5.74) is 16.3. The second-order valence-corrected chi connectivity index (χ2v) is 15.4. The van der Waals surface area contributed by atoms with Gasteiger partial charge in [-0.1, -0.05) is 141 Å². The Kier molecular flexibility index (Phi) is 7.20. The minimum atomic E-state index is -0.152. The second-order valence-electron chi connectivity index (χ2n) is 15.4. The average Bonchev–Trinajstić information content (AvgIpc) is 3.74. The van der Waals surface area contributed by atoms with Crippen LogP contribution in [0.4, 0.5) is 0 Å². The van der Waals surface area contributed by atoms with Gasteiger partial charge in [0.1, 0.15) is 11.2 Å². The molecule has 3 heteroatoms. The standard InChI is InChI=1S/C53H36N2O/c1-53(2)45-22-13-21-41(51(45)44-30-35-18-9-10-19-36(35)31-46(44)53)39-26-38(37-24-25-50-43(29-37)42-20-11-12-23-49(42)56-50)27-40(28-39)48-32-47(33-14-5-3-6-15-33)54-52(55-48)34-16-7-4-8-17-34/h3-32H,1-2H3. The van der Waals surface area contributed by atoms with E-state index in [2.05, 4.69) is 159 Å². The average molecular weight is 717 g/mol. The fraction of sp³-hybridized carbons (Fsp3) is 0.0566. The normalized spacial score (nSPS) is 13.0. The van der Waals surface area contributed by atoms with Crippen LogP contribution in [0.25, 0.3) is 100.0 Å². The van der Waals surface area contributed by atoms with E-state index in [9.17, 15) is 0 Å². The van der Waals surface area contributed by atoms with E-state index in [0.29, 0.717) is 5.82 Å². The summed E-state index contributed by atoms with van der Waals surface area (Å²) in [7, 11) is 0. The van der Waals surface area contributed by atoms with Crippen LogP contribution in [0.5, 0.6) is 0 Å². The Morgan fingerprint density at radius 2 is 1.04 bits per heavy atom. The van der Waals surface area contributed by atoms with E-state index >= 15 is 0 Å². The first-order valence-corrected chi connectivity index (χ1v) is 19.2. The monoisotopic (exact) mass is 716 g/mol. The maximum absolute atomic E-state index is 6.26. The van der Waals surface area contributed by atoms with Crippen molar-refractivity contribution in [3.05, 3.63) is 193 Å². The van der Waals surface area contributed by atoms with E-state index in [1.54, 1.807) is 0 Å². The fourth-order valence-corrected chi connectivity index (χ4v) is 8.78. The Balaban J connectivity index is 1.18. The molecule has 0 spiro atoms. The first-order chi connectivity index (χ1) is 27.5. The molecule has 0 unspecified atom stereocenters. The molecule has 0 saturated carbocycles. The number of aromatic nitrogens is 2. The third kappa shape index (κ3) is 5.20. The van der Waals surface area contributed by atoms with Gasteiger partial charge in [-0.05, 0) is 110 Å². The van der Waals surface area contributed by atoms with E-state index in [0.717, 1.165) is 66.7 Å². The number of fused-ring (bicyclic) bond motifs is 7. The number of benzene rings is 8. The maximum Gasteiger partial charge on any atom is 0.160 e. The van der Waals surface area contributed by atoms with Crippen LogP contribution >= 0.6 is 0 Å². The van der Waals surface area contributed by atoms with Crippen LogP contribution in [0.3, 0.4) is 0 Å². The molecule has 0 aliphatic heterocycles. The zero-order valence-corrected chi connectivity index (χ0v) is 31.1. The molecule has 0 bridgehead atoms. The molecule has 2 aromatic heterocycles. The van der Waals surface area contributed by atoms with Gasteiger partial charge < -0.3 is 4.42 Å². The van der Waals surface area contributed by atoms with Crippen molar-refractivity contribution >= 4 is 32.7 Å². The number of rotatable bonds is 5. The summed E-state index contributed by atoms with van der Waals surface area (Å²) in [5, 5.41) is 4.74. The Labute approximate surface area is 325 Å². The highest BCUT2D eigenvalue weighted by atomic mass is 16.3. The summed E-state index contributed by atoms with van der Waals surface area (Å²) in [6.07, 6.45) is 0. The second kappa shape index (κ2) is 12.5. The molecule has 56 heavy (non-hydrogen) atoms. The van der Waals surface area contributed by atoms with Gasteiger partial charge in [0.05, 0.1) is 11.4 Å². The van der Waals surface area contributed by atoms with E-state index in [-0.39, 0.29) is 5.41 Å². The van der Waals surface area contributed by atoms with Crippen molar-refractivity contribution in [1.82, 2.24) is 9.97 Å². The van der Waals surface area contributed by atoms with Crippen molar-refractivity contribution in [1.29, 1.82) is 0 Å². The lowest BCUT2D eigenvalue weighted by molar-refractivity contribution is 0.661. The summed E-state index contributed by atoms with van der Waals surface area (Å²) in [6, 6.07) is 64.9. The molecule has 2 heterocycles. The molecule has 0 saturated heterocycles. The van der Waals surface area contributed by atoms with Gasteiger partial charge in [0.15, 0.2) is 5.82 Å². The lowest BCUT2D eigenvalue weighted by atomic mass is 9.81. The molecule has 1 aliphatic carbocycles. The van der Waals surface area contributed by atoms with E-state index in [1.807, 2.05) is 36.4 Å². The SMILES string of the molecule is CC1(C)c2cc3ccccc3cc2-c2c(-c3cc(-c4ccc5oc6ccccc6c5c4)cc(-c4cc(-c5ccccc5)nc(-c5ccccc5)n4)c3)cccc21. The highest BCUT2D eigenvalue weighted by molar-refractivity contribution is 6.06. The Morgan fingerprint density at radius 3 is 1.84 bits per heavy atom. The van der Waals surface area contributed by atoms with Crippen LogP contribution in [0.15, 0.2) is 186 Å².